The summed E-state index contributed by atoms with van der Waals surface area (Å²) in [5.74, 6) is 0. The van der Waals surface area contributed by atoms with Crippen LogP contribution in [0.15, 0.2) is 4.99 Å². The molecule has 0 heterocycles. The van der Waals surface area contributed by atoms with Gasteiger partial charge in [-0.15, -0.1) is 0 Å². The van der Waals surface area contributed by atoms with Crippen LogP contribution < -0.4 is 5.73 Å². The van der Waals surface area contributed by atoms with Crippen molar-refractivity contribution in [1.29, 1.82) is 0 Å². The molecule has 9 heavy (non-hydrogen) atoms. The minimum absolute atomic E-state index is 0.750. The quantitative estimate of drug-likeness (QED) is 0.540. The van der Waals surface area contributed by atoms with Crippen molar-refractivity contribution in [3.8, 4) is 0 Å². The molecule has 0 aliphatic carbocycles. The molecular weight excluding hydrogens is 133 g/mol. The Balaban J connectivity index is 4.32. The Bertz CT molecular complexity index is 115. The largest absolute Gasteiger partial charge is 0.426 e. The van der Waals surface area contributed by atoms with E-state index >= 15 is 0 Å². The highest BCUT2D eigenvalue weighted by atomic mass is 19.4. The van der Waals surface area contributed by atoms with E-state index in [0.29, 0.717) is 0 Å². The molecule has 0 saturated heterocycles. The molecule has 0 amide bonds. The lowest BCUT2D eigenvalue weighted by molar-refractivity contribution is -0.177. The van der Waals surface area contributed by atoms with Crippen LogP contribution in [0.2, 0.25) is 0 Å². The van der Waals surface area contributed by atoms with Gasteiger partial charge in [-0.05, 0) is 13.6 Å². The molecule has 2 N–H and O–H groups in total. The highest BCUT2D eigenvalue weighted by Gasteiger charge is 2.47. The summed E-state index contributed by atoms with van der Waals surface area (Å²) < 4.78 is 34.7. The van der Waals surface area contributed by atoms with E-state index in [4.69, 9.17) is 0 Å². The molecule has 0 aliphatic rings. The van der Waals surface area contributed by atoms with Crippen molar-refractivity contribution >= 4 is 6.72 Å². The number of nitrogens with zero attached hydrogens (tertiary/aromatic N) is 1. The second-order valence-corrected chi connectivity index (χ2v) is 1.80. The lowest BCUT2D eigenvalue weighted by Crippen LogP contribution is -2.48. The van der Waals surface area contributed by atoms with Gasteiger partial charge in [-0.3, -0.25) is 10.7 Å². The van der Waals surface area contributed by atoms with Gasteiger partial charge in [-0.1, -0.05) is 0 Å². The Morgan fingerprint density at radius 1 is 1.44 bits per heavy atom. The number of halogens is 3. The van der Waals surface area contributed by atoms with Crippen LogP contribution in [-0.4, -0.2) is 18.6 Å². The van der Waals surface area contributed by atoms with Crippen molar-refractivity contribution < 1.29 is 13.2 Å². The van der Waals surface area contributed by atoms with Gasteiger partial charge in [0.05, 0.1) is 0 Å². The Kier molecular flexibility index (Phi) is 1.85. The summed E-state index contributed by atoms with van der Waals surface area (Å²) in [5, 5.41) is 0. The predicted octanol–water partition coefficient (Wildman–Crippen LogP) is 0.924. The average molecular weight is 140 g/mol. The van der Waals surface area contributed by atoms with E-state index in [2.05, 4.69) is 17.4 Å². The Morgan fingerprint density at radius 3 is 1.78 bits per heavy atom. The molecule has 0 rings (SSSR count). The van der Waals surface area contributed by atoms with Crippen molar-refractivity contribution in [1.82, 2.24) is 0 Å². The molecule has 0 radical (unpaired) electrons. The highest BCUT2D eigenvalue weighted by molar-refractivity contribution is 5.25. The fraction of sp³-hybridized carbons (Fsp3) is 0.750. The van der Waals surface area contributed by atoms with Crippen LogP contribution in [0.25, 0.3) is 0 Å². The smallest absolute Gasteiger partial charge is 0.300 e. The molecule has 0 aliphatic heterocycles. The van der Waals surface area contributed by atoms with Gasteiger partial charge in [-0.2, -0.15) is 13.2 Å². The molecule has 0 bridgehead atoms. The van der Waals surface area contributed by atoms with E-state index in [-0.39, 0.29) is 0 Å². The maximum Gasteiger partial charge on any atom is 0.426 e. The number of nitrogens with two attached hydrogens (primary N) is 1. The molecule has 0 aromatic rings. The van der Waals surface area contributed by atoms with Gasteiger partial charge in [0.2, 0.25) is 5.66 Å². The van der Waals surface area contributed by atoms with Gasteiger partial charge in [0, 0.05) is 0 Å². The zero-order valence-electron chi connectivity index (χ0n) is 4.87. The minimum Gasteiger partial charge on any atom is -0.300 e. The zero-order valence-corrected chi connectivity index (χ0v) is 4.87. The van der Waals surface area contributed by atoms with Gasteiger partial charge in [0.15, 0.2) is 0 Å². The Labute approximate surface area is 50.6 Å². The maximum atomic E-state index is 11.6. The van der Waals surface area contributed by atoms with Crippen LogP contribution in [0, 0.1) is 0 Å². The molecule has 0 spiro atoms. The van der Waals surface area contributed by atoms with Gasteiger partial charge in [-0.25, -0.2) is 0 Å². The van der Waals surface area contributed by atoms with Crippen LogP contribution in [0.5, 0.6) is 0 Å². The Hall–Kier alpha value is -0.580. The van der Waals surface area contributed by atoms with Gasteiger partial charge >= 0.3 is 6.18 Å². The Morgan fingerprint density at radius 2 is 1.78 bits per heavy atom. The summed E-state index contributed by atoms with van der Waals surface area (Å²) in [5.41, 5.74) is 2.13. The molecule has 0 saturated carbocycles. The van der Waals surface area contributed by atoms with Crippen molar-refractivity contribution in [2.45, 2.75) is 18.8 Å². The number of rotatable bonds is 1. The van der Waals surface area contributed by atoms with Crippen LogP contribution in [0.3, 0.4) is 0 Å². The molecule has 0 aromatic heterocycles. The fourth-order valence-corrected chi connectivity index (χ4v) is 0.0896. The number of alkyl halides is 3. The molecule has 1 atom stereocenters. The normalized spacial score (nSPS) is 18.8. The summed E-state index contributed by atoms with van der Waals surface area (Å²) in [7, 11) is 0. The maximum absolute atomic E-state index is 11.6. The van der Waals surface area contributed by atoms with Gasteiger partial charge in [0.1, 0.15) is 0 Å². The van der Waals surface area contributed by atoms with E-state index in [1.807, 2.05) is 0 Å². The van der Waals surface area contributed by atoms with Gasteiger partial charge < -0.3 is 0 Å². The number of hydrogen-bond acceptors (Lipinski definition) is 2. The minimum atomic E-state index is -4.51. The lowest BCUT2D eigenvalue weighted by atomic mass is 10.2. The second kappa shape index (κ2) is 1.98. The molecule has 2 nitrogen and oxygen atoms in total. The number of hydrogen-bond donors (Lipinski definition) is 1. The molecular formula is C4H7F3N2. The monoisotopic (exact) mass is 140 g/mol. The van der Waals surface area contributed by atoms with Crippen molar-refractivity contribution in [2.24, 2.45) is 10.7 Å². The first-order valence-electron chi connectivity index (χ1n) is 2.15. The summed E-state index contributed by atoms with van der Waals surface area (Å²) in [4.78, 5) is 2.69. The van der Waals surface area contributed by atoms with Crippen molar-refractivity contribution in [3.63, 3.8) is 0 Å². The predicted molar refractivity (Wildman–Crippen MR) is 28.2 cm³/mol. The van der Waals surface area contributed by atoms with Crippen molar-refractivity contribution in [3.05, 3.63) is 0 Å². The third-order valence-corrected chi connectivity index (χ3v) is 0.902. The van der Waals surface area contributed by atoms with E-state index in [9.17, 15) is 13.2 Å². The average Bonchev–Trinajstić information content (AvgIpc) is 1.64. The zero-order chi connectivity index (χ0) is 7.71. The first kappa shape index (κ1) is 8.42. The summed E-state index contributed by atoms with van der Waals surface area (Å²) >= 11 is 0. The summed E-state index contributed by atoms with van der Waals surface area (Å²) in [6, 6.07) is 0. The van der Waals surface area contributed by atoms with E-state index in [1.165, 1.54) is 0 Å². The number of aliphatic imine (C=N–C) groups is 1. The highest BCUT2D eigenvalue weighted by Crippen LogP contribution is 2.27. The summed E-state index contributed by atoms with van der Waals surface area (Å²) in [6.45, 7) is 3.45. The standard InChI is InChI=1S/C4H7F3N2/c1-3(8,9-2)4(5,6)7/h2,8H2,1H3. The third-order valence-electron chi connectivity index (χ3n) is 0.902. The summed E-state index contributed by atoms with van der Waals surface area (Å²) in [6.07, 6.45) is -4.51. The topological polar surface area (TPSA) is 38.4 Å². The second-order valence-electron chi connectivity index (χ2n) is 1.80. The van der Waals surface area contributed by atoms with Crippen LogP contribution >= 0.6 is 0 Å². The van der Waals surface area contributed by atoms with Crippen LogP contribution in [0.4, 0.5) is 13.2 Å². The third kappa shape index (κ3) is 1.67. The van der Waals surface area contributed by atoms with Crippen molar-refractivity contribution in [2.75, 3.05) is 0 Å². The lowest BCUT2D eigenvalue weighted by Gasteiger charge is -2.21. The SMILES string of the molecule is C=NC(C)(N)C(F)(F)F. The molecule has 0 aromatic carbocycles. The van der Waals surface area contributed by atoms with E-state index < -0.39 is 11.8 Å². The molecule has 1 unspecified atom stereocenters. The van der Waals surface area contributed by atoms with E-state index in [1.54, 1.807) is 0 Å². The van der Waals surface area contributed by atoms with Gasteiger partial charge in [0.25, 0.3) is 0 Å². The first-order chi connectivity index (χ1) is 3.81. The van der Waals surface area contributed by atoms with E-state index in [0.717, 1.165) is 6.92 Å². The fourth-order valence-electron chi connectivity index (χ4n) is 0.0896. The van der Waals surface area contributed by atoms with Crippen LogP contribution in [-0.2, 0) is 0 Å². The van der Waals surface area contributed by atoms with Crippen LogP contribution in [0.1, 0.15) is 6.92 Å². The molecule has 5 heteroatoms. The first-order valence-corrected chi connectivity index (χ1v) is 2.15. The molecule has 54 valence electrons. The molecule has 0 fully saturated rings.